The molecule has 0 aliphatic carbocycles. The SMILES string of the molecule is CC(C)=C(C)C(C)(C)CC(C)C.CC(C)=C(C)CBr.CC(C)=C(C)CCC(C)C.[2H]CF.[CH2-]C(C)C.[Zn+][I]. The van der Waals surface area contributed by atoms with Crippen molar-refractivity contribution >= 4 is 35.7 Å². The van der Waals surface area contributed by atoms with Crippen LogP contribution in [0.3, 0.4) is 0 Å². The Hall–Kier alpha value is 0.983. The van der Waals surface area contributed by atoms with Crippen LogP contribution in [0.4, 0.5) is 4.39 Å². The molecule has 4 heteroatoms. The predicted octanol–water partition coefficient (Wildman–Crippen LogP) is 13.9. The first-order chi connectivity index (χ1) is 17.1. The van der Waals surface area contributed by atoms with Gasteiger partial charge in [0.15, 0.2) is 0 Å². The molecule has 0 N–H and O–H groups in total. The molecule has 0 rings (SSSR count). The normalized spacial score (nSPS) is 9.95. The number of allylic oxidation sites excluding steroid dienone is 6. The number of halogens is 3. The molecule has 0 amide bonds. The summed E-state index contributed by atoms with van der Waals surface area (Å²) in [5.41, 5.74) is 9.30. The van der Waals surface area contributed by atoms with Crippen LogP contribution in [0, 0.1) is 30.1 Å². The van der Waals surface area contributed by atoms with Crippen molar-refractivity contribution < 1.29 is 20.5 Å². The van der Waals surface area contributed by atoms with Gasteiger partial charge in [-0.2, -0.15) is 5.92 Å². The van der Waals surface area contributed by atoms with E-state index < -0.39 is 7.15 Å². The Kier molecular flexibility index (Phi) is 42.8. The van der Waals surface area contributed by atoms with Crippen LogP contribution in [0.1, 0.15) is 138 Å². The third-order valence-electron chi connectivity index (χ3n) is 5.69. The summed E-state index contributed by atoms with van der Waals surface area (Å²) < 4.78 is 15.5. The Morgan fingerprint density at radius 1 is 0.811 bits per heavy atom. The first-order valence-electron chi connectivity index (χ1n) is 14.3. The number of hydrogen-bond donors (Lipinski definition) is 0. The maximum atomic E-state index is 9.96. The standard InChI is InChI=1S/C12H24.C10H20.C6H11Br.C4H9.CH3F.HI.Zn/c1-9(2)8-12(6,7)11(5)10(3)4;1-8(2)6-7-10(5)9(3)4;1-5(2)6(3)4-7;1-4(2)3;1-2;;/h9H,8H2,1-7H3;8H,6-7H2,1-5H3;4H2,1-3H3;4H,1H2,2-3H3;1H3;1H;/q;;;-1;;;+2/p-1/i;;;;1D;;. The van der Waals surface area contributed by atoms with E-state index in [2.05, 4.69) is 160 Å². The topological polar surface area (TPSA) is 0 Å². The molecule has 0 saturated carbocycles. The second-order valence-corrected chi connectivity index (χ2v) is 12.7. The summed E-state index contributed by atoms with van der Waals surface area (Å²) in [5, 5.41) is 1.01. The fourth-order valence-corrected chi connectivity index (χ4v) is 3.30. The molecule has 222 valence electrons. The van der Waals surface area contributed by atoms with Gasteiger partial charge in [-0.3, -0.25) is 4.39 Å². The molecule has 0 radical (unpaired) electrons. The number of hydrogen-bond acceptors (Lipinski definition) is 0. The Labute approximate surface area is 267 Å². The van der Waals surface area contributed by atoms with E-state index >= 15 is 0 Å². The molecule has 0 unspecified atom stereocenters. The fourth-order valence-electron chi connectivity index (χ4n) is 2.74. The predicted molar refractivity (Wildman–Crippen MR) is 184 cm³/mol. The molecule has 0 aromatic heterocycles. The van der Waals surface area contributed by atoms with Crippen molar-refractivity contribution in [3.63, 3.8) is 0 Å². The Morgan fingerprint density at radius 2 is 1.14 bits per heavy atom. The summed E-state index contributed by atoms with van der Waals surface area (Å²) in [6.45, 7) is 41.2. The van der Waals surface area contributed by atoms with Crippen molar-refractivity contribution in [2.24, 2.45) is 23.2 Å². The van der Waals surface area contributed by atoms with Gasteiger partial charge >= 0.3 is 34.5 Å². The molecular weight excluding hydrogens is 688 g/mol. The van der Waals surface area contributed by atoms with Crippen LogP contribution < -0.4 is 0 Å². The Balaban J connectivity index is -0.0000000889. The molecule has 37 heavy (non-hydrogen) atoms. The zero-order valence-corrected chi connectivity index (χ0v) is 35.0. The summed E-state index contributed by atoms with van der Waals surface area (Å²) in [4.78, 5) is 0. The van der Waals surface area contributed by atoms with Gasteiger partial charge in [0.05, 0.1) is 8.52 Å². The number of alkyl halides is 2. The van der Waals surface area contributed by atoms with Crippen LogP contribution in [0.5, 0.6) is 0 Å². The first kappa shape index (κ1) is 47.8. The van der Waals surface area contributed by atoms with Crippen LogP contribution in [0.25, 0.3) is 0 Å². The van der Waals surface area contributed by atoms with E-state index in [1.807, 2.05) is 0 Å². The van der Waals surface area contributed by atoms with Gasteiger partial charge < -0.3 is 6.92 Å². The third-order valence-corrected chi connectivity index (χ3v) is 6.53. The summed E-state index contributed by atoms with van der Waals surface area (Å²) in [6.07, 6.45) is 3.89. The molecule has 0 heterocycles. The summed E-state index contributed by atoms with van der Waals surface area (Å²) >= 11 is 6.98. The van der Waals surface area contributed by atoms with Crippen molar-refractivity contribution in [1.29, 1.82) is 0 Å². The Morgan fingerprint density at radius 3 is 1.30 bits per heavy atom. The van der Waals surface area contributed by atoms with Crippen molar-refractivity contribution in [3.05, 3.63) is 40.4 Å². The van der Waals surface area contributed by atoms with Crippen molar-refractivity contribution in [1.82, 2.24) is 0 Å². The second kappa shape index (κ2) is 33.2. The third kappa shape index (κ3) is 47.1. The molecule has 0 aromatic rings. The molecule has 0 nitrogen and oxygen atoms in total. The van der Waals surface area contributed by atoms with E-state index in [9.17, 15) is 4.39 Å². The van der Waals surface area contributed by atoms with E-state index in [1.165, 1.54) is 56.3 Å². The van der Waals surface area contributed by atoms with Gasteiger partial charge in [-0.25, -0.2) is 0 Å². The van der Waals surface area contributed by atoms with Gasteiger partial charge in [0.2, 0.25) is 0 Å². The monoisotopic (exact) mass is 753 g/mol. The Bertz CT molecular complexity index is 591. The first-order valence-corrected chi connectivity index (χ1v) is 23.7. The maximum absolute atomic E-state index is 9.96. The van der Waals surface area contributed by atoms with E-state index in [-0.39, 0.29) is 0 Å². The van der Waals surface area contributed by atoms with Crippen LogP contribution in [-0.4, -0.2) is 12.5 Å². The average Bonchev–Trinajstić information content (AvgIpc) is 2.77. The molecule has 0 spiro atoms. The van der Waals surface area contributed by atoms with Gasteiger partial charge in [-0.15, -0.1) is 0 Å². The summed E-state index contributed by atoms with van der Waals surface area (Å²) in [6, 6.07) is 0. The van der Waals surface area contributed by atoms with E-state index in [0.29, 0.717) is 11.3 Å². The summed E-state index contributed by atoms with van der Waals surface area (Å²) in [7, 11) is -1.00. The van der Waals surface area contributed by atoms with Gasteiger partial charge in [0.25, 0.3) is 0 Å². The minimum absolute atomic E-state index is 0.382. The van der Waals surface area contributed by atoms with E-state index in [4.69, 9.17) is 1.37 Å². The van der Waals surface area contributed by atoms with E-state index in [0.717, 1.165) is 17.2 Å². The van der Waals surface area contributed by atoms with Crippen molar-refractivity contribution in [3.8, 4) is 0 Å². The van der Waals surface area contributed by atoms with Crippen LogP contribution in [0.15, 0.2) is 33.4 Å². The molecule has 0 atom stereocenters. The summed E-state index contributed by atoms with van der Waals surface area (Å²) in [5.74, 6) is 2.21. The average molecular weight is 756 g/mol. The zero-order chi connectivity index (χ0) is 32.2. The van der Waals surface area contributed by atoms with Crippen LogP contribution in [0.2, 0.25) is 0 Å². The molecular formula is C33H67BrFIZn. The van der Waals surface area contributed by atoms with Crippen LogP contribution in [-0.2, 0) is 14.8 Å². The quantitative estimate of drug-likeness (QED) is 0.0798. The van der Waals surface area contributed by atoms with Gasteiger partial charge in [-0.05, 0) is 98.8 Å². The van der Waals surface area contributed by atoms with Crippen molar-refractivity contribution in [2.45, 2.75) is 137 Å². The second-order valence-electron chi connectivity index (χ2n) is 12.1. The molecule has 0 aliphatic heterocycles. The molecule has 0 bridgehead atoms. The zero-order valence-electron chi connectivity index (χ0n) is 29.3. The van der Waals surface area contributed by atoms with E-state index in [1.54, 1.807) is 11.1 Å². The minimum atomic E-state index is -1.00. The molecule has 0 aliphatic rings. The molecule has 0 aromatic carbocycles. The van der Waals surface area contributed by atoms with Gasteiger partial charge in [0, 0.05) is 5.33 Å². The fraction of sp³-hybridized carbons (Fsp3) is 0.788. The van der Waals surface area contributed by atoms with Gasteiger partial charge in [-0.1, -0.05) is 105 Å². The van der Waals surface area contributed by atoms with Gasteiger partial charge in [0.1, 0.15) is 0 Å². The molecule has 0 fully saturated rings. The van der Waals surface area contributed by atoms with Crippen LogP contribution >= 0.6 is 35.7 Å². The number of rotatable bonds is 7. The van der Waals surface area contributed by atoms with Crippen molar-refractivity contribution in [2.75, 3.05) is 12.5 Å². The molecule has 0 saturated heterocycles.